The Morgan fingerprint density at radius 3 is 2.69 bits per heavy atom. The molecule has 1 amide bonds. The fourth-order valence-electron chi connectivity index (χ4n) is 3.26. The molecular formula is C20H22F2N2O2. The zero-order valence-corrected chi connectivity index (χ0v) is 14.6. The highest BCUT2D eigenvalue weighted by Gasteiger charge is 2.26. The number of carbonyl (C=O) groups is 1. The minimum absolute atomic E-state index is 0.0220. The number of fused-ring (bicyclic) bond motifs is 1. The van der Waals surface area contributed by atoms with Crippen LogP contribution in [-0.2, 0) is 17.6 Å². The molecule has 0 radical (unpaired) electrons. The van der Waals surface area contributed by atoms with Crippen molar-refractivity contribution in [2.75, 3.05) is 18.0 Å². The fourth-order valence-corrected chi connectivity index (χ4v) is 3.26. The maximum atomic E-state index is 12.3. The predicted molar refractivity (Wildman–Crippen MR) is 96.7 cm³/mol. The van der Waals surface area contributed by atoms with Crippen molar-refractivity contribution in [1.29, 1.82) is 0 Å². The summed E-state index contributed by atoms with van der Waals surface area (Å²) in [5.41, 5.74) is 3.36. The molecule has 1 N–H and O–H groups in total. The summed E-state index contributed by atoms with van der Waals surface area (Å²) >= 11 is 0. The van der Waals surface area contributed by atoms with E-state index in [0.29, 0.717) is 25.6 Å². The minimum atomic E-state index is -2.82. The van der Waals surface area contributed by atoms with Crippen molar-refractivity contribution in [2.45, 2.75) is 32.4 Å². The first-order valence-electron chi connectivity index (χ1n) is 8.68. The highest BCUT2D eigenvalue weighted by Crippen LogP contribution is 2.31. The van der Waals surface area contributed by atoms with E-state index in [2.05, 4.69) is 34.0 Å². The molecule has 2 aromatic carbocycles. The van der Waals surface area contributed by atoms with Crippen LogP contribution in [0.15, 0.2) is 48.5 Å². The second kappa shape index (κ2) is 8.17. The Bertz CT molecular complexity index is 750. The lowest BCUT2D eigenvalue weighted by Gasteiger charge is -2.24. The second-order valence-electron chi connectivity index (χ2n) is 6.43. The van der Waals surface area contributed by atoms with Gasteiger partial charge in [-0.05, 0) is 49.1 Å². The SMILES string of the molecule is C[C@H]1Cc2ccccc2N1CC(=O)NCCc1ccc(OC(F)F)cc1. The Morgan fingerprint density at radius 1 is 1.23 bits per heavy atom. The molecule has 1 aliphatic rings. The summed E-state index contributed by atoms with van der Waals surface area (Å²) in [6.45, 7) is 0.131. The maximum absolute atomic E-state index is 12.3. The van der Waals surface area contributed by atoms with Gasteiger partial charge in [0.2, 0.25) is 5.91 Å². The topological polar surface area (TPSA) is 41.6 Å². The Hall–Kier alpha value is -2.63. The molecule has 0 aromatic heterocycles. The molecule has 1 atom stereocenters. The van der Waals surface area contributed by atoms with E-state index in [-0.39, 0.29) is 11.7 Å². The highest BCUT2D eigenvalue weighted by molar-refractivity contribution is 5.82. The summed E-state index contributed by atoms with van der Waals surface area (Å²) in [5, 5.41) is 2.92. The molecule has 0 unspecified atom stereocenters. The van der Waals surface area contributed by atoms with E-state index in [1.54, 1.807) is 12.1 Å². The van der Waals surface area contributed by atoms with Gasteiger partial charge in [0.05, 0.1) is 6.54 Å². The van der Waals surface area contributed by atoms with Gasteiger partial charge in [-0.15, -0.1) is 0 Å². The number of hydrogen-bond donors (Lipinski definition) is 1. The van der Waals surface area contributed by atoms with E-state index in [4.69, 9.17) is 0 Å². The van der Waals surface area contributed by atoms with Crippen LogP contribution in [0.3, 0.4) is 0 Å². The summed E-state index contributed by atoms with van der Waals surface area (Å²) < 4.78 is 28.6. The van der Waals surface area contributed by atoms with Crippen molar-refractivity contribution in [3.63, 3.8) is 0 Å². The quantitative estimate of drug-likeness (QED) is 0.823. The summed E-state index contributed by atoms with van der Waals surface area (Å²) in [7, 11) is 0. The third-order valence-electron chi connectivity index (χ3n) is 4.55. The van der Waals surface area contributed by atoms with Crippen molar-refractivity contribution in [1.82, 2.24) is 5.32 Å². The number of nitrogens with zero attached hydrogens (tertiary/aromatic N) is 1. The molecule has 4 nitrogen and oxygen atoms in total. The zero-order chi connectivity index (χ0) is 18.5. The molecule has 2 aromatic rings. The Morgan fingerprint density at radius 2 is 1.96 bits per heavy atom. The Kier molecular flexibility index (Phi) is 5.71. The van der Waals surface area contributed by atoms with Gasteiger partial charge in [0, 0.05) is 18.3 Å². The number of rotatable bonds is 7. The molecule has 138 valence electrons. The molecule has 0 spiro atoms. The van der Waals surface area contributed by atoms with Crippen LogP contribution in [0.1, 0.15) is 18.1 Å². The monoisotopic (exact) mass is 360 g/mol. The number of alkyl halides is 2. The number of benzene rings is 2. The first kappa shape index (κ1) is 18.2. The van der Waals surface area contributed by atoms with E-state index in [9.17, 15) is 13.6 Å². The zero-order valence-electron chi connectivity index (χ0n) is 14.6. The van der Waals surface area contributed by atoms with Crippen LogP contribution in [0.5, 0.6) is 5.75 Å². The summed E-state index contributed by atoms with van der Waals surface area (Å²) in [5.74, 6) is 0.112. The third kappa shape index (κ3) is 4.50. The van der Waals surface area contributed by atoms with Gasteiger partial charge >= 0.3 is 6.61 Å². The predicted octanol–water partition coefficient (Wildman–Crippen LogP) is 3.40. The van der Waals surface area contributed by atoms with E-state index >= 15 is 0 Å². The molecule has 0 aliphatic carbocycles. The summed E-state index contributed by atoms with van der Waals surface area (Å²) in [4.78, 5) is 14.4. The number of ether oxygens (including phenoxy) is 1. The number of hydrogen-bond acceptors (Lipinski definition) is 3. The van der Waals surface area contributed by atoms with Crippen LogP contribution in [-0.4, -0.2) is 31.7 Å². The number of carbonyl (C=O) groups excluding carboxylic acids is 1. The van der Waals surface area contributed by atoms with Crippen molar-refractivity contribution in [3.05, 3.63) is 59.7 Å². The van der Waals surface area contributed by atoms with E-state index < -0.39 is 6.61 Å². The number of anilines is 1. The molecule has 0 saturated heterocycles. The van der Waals surface area contributed by atoms with Crippen LogP contribution in [0.4, 0.5) is 14.5 Å². The van der Waals surface area contributed by atoms with Gasteiger partial charge in [0.1, 0.15) is 5.75 Å². The second-order valence-corrected chi connectivity index (χ2v) is 6.43. The average molecular weight is 360 g/mol. The maximum Gasteiger partial charge on any atom is 0.387 e. The molecule has 1 aliphatic heterocycles. The Balaban J connectivity index is 1.46. The number of para-hydroxylation sites is 1. The van der Waals surface area contributed by atoms with Crippen LogP contribution in [0.2, 0.25) is 0 Å². The van der Waals surface area contributed by atoms with E-state index in [0.717, 1.165) is 17.7 Å². The van der Waals surface area contributed by atoms with Crippen molar-refractivity contribution < 1.29 is 18.3 Å². The highest BCUT2D eigenvalue weighted by atomic mass is 19.3. The molecule has 0 saturated carbocycles. The molecular weight excluding hydrogens is 338 g/mol. The normalized spacial score (nSPS) is 15.8. The molecule has 3 rings (SSSR count). The third-order valence-corrected chi connectivity index (χ3v) is 4.55. The Labute approximate surface area is 151 Å². The number of halogens is 2. The van der Waals surface area contributed by atoms with Gasteiger partial charge in [-0.1, -0.05) is 30.3 Å². The number of amides is 1. The van der Waals surface area contributed by atoms with Gasteiger partial charge in [0.25, 0.3) is 0 Å². The van der Waals surface area contributed by atoms with Crippen molar-refractivity contribution in [2.24, 2.45) is 0 Å². The molecule has 26 heavy (non-hydrogen) atoms. The number of nitrogens with one attached hydrogen (secondary N) is 1. The smallest absolute Gasteiger partial charge is 0.387 e. The molecule has 6 heteroatoms. The largest absolute Gasteiger partial charge is 0.435 e. The van der Waals surface area contributed by atoms with Gasteiger partial charge < -0.3 is 15.0 Å². The van der Waals surface area contributed by atoms with E-state index in [1.165, 1.54) is 17.7 Å². The van der Waals surface area contributed by atoms with E-state index in [1.807, 2.05) is 12.1 Å². The molecule has 1 heterocycles. The molecule has 0 fully saturated rings. The first-order valence-corrected chi connectivity index (χ1v) is 8.68. The molecule has 0 bridgehead atoms. The van der Waals surface area contributed by atoms with Gasteiger partial charge in [-0.25, -0.2) is 0 Å². The van der Waals surface area contributed by atoms with Gasteiger partial charge in [-0.3, -0.25) is 4.79 Å². The fraction of sp³-hybridized carbons (Fsp3) is 0.350. The van der Waals surface area contributed by atoms with Crippen LogP contribution in [0, 0.1) is 0 Å². The lowest BCUT2D eigenvalue weighted by atomic mass is 10.1. The standard InChI is InChI=1S/C20H22F2N2O2/c1-14-12-16-4-2-3-5-18(16)24(14)13-19(25)23-11-10-15-6-8-17(9-7-15)26-20(21)22/h2-9,14,20H,10-13H2,1H3,(H,23,25)/t14-/m0/s1. The lowest BCUT2D eigenvalue weighted by molar-refractivity contribution is -0.119. The first-order chi connectivity index (χ1) is 12.5. The van der Waals surface area contributed by atoms with Gasteiger partial charge in [0.15, 0.2) is 0 Å². The summed E-state index contributed by atoms with van der Waals surface area (Å²) in [6, 6.07) is 14.9. The van der Waals surface area contributed by atoms with Crippen LogP contribution < -0.4 is 15.0 Å². The van der Waals surface area contributed by atoms with Crippen molar-refractivity contribution >= 4 is 11.6 Å². The lowest BCUT2D eigenvalue weighted by Crippen LogP contribution is -2.40. The average Bonchev–Trinajstić information content (AvgIpc) is 2.92. The summed E-state index contributed by atoms with van der Waals surface area (Å²) in [6.07, 6.45) is 1.59. The van der Waals surface area contributed by atoms with Gasteiger partial charge in [-0.2, -0.15) is 8.78 Å². The van der Waals surface area contributed by atoms with Crippen molar-refractivity contribution in [3.8, 4) is 5.75 Å². The van der Waals surface area contributed by atoms with Crippen LogP contribution >= 0.6 is 0 Å². The minimum Gasteiger partial charge on any atom is -0.435 e. The van der Waals surface area contributed by atoms with Crippen LogP contribution in [0.25, 0.3) is 0 Å².